The van der Waals surface area contributed by atoms with E-state index in [2.05, 4.69) is 22.5 Å². The first-order valence-corrected chi connectivity index (χ1v) is 8.36. The number of carbonyl (C=O) groups is 1. The van der Waals surface area contributed by atoms with Crippen LogP contribution in [0.3, 0.4) is 0 Å². The van der Waals surface area contributed by atoms with Gasteiger partial charge in [0.1, 0.15) is 0 Å². The van der Waals surface area contributed by atoms with Crippen molar-refractivity contribution in [3.8, 4) is 0 Å². The molecule has 23 heavy (non-hydrogen) atoms. The Morgan fingerprint density at radius 3 is 2.09 bits per heavy atom. The number of carbonyl (C=O) groups excluding carboxylic acids is 1. The zero-order valence-corrected chi connectivity index (χ0v) is 14.9. The quantitative estimate of drug-likeness (QED) is 0.338. The third-order valence-corrected chi connectivity index (χ3v) is 3.59. The van der Waals surface area contributed by atoms with Gasteiger partial charge in [-0.25, -0.2) is 4.79 Å². The van der Waals surface area contributed by atoms with E-state index in [0.717, 1.165) is 0 Å². The highest BCUT2D eigenvalue weighted by molar-refractivity contribution is 8.03. The van der Waals surface area contributed by atoms with Crippen LogP contribution in [0.15, 0.2) is 35.5 Å². The number of hydrogen-bond donors (Lipinski definition) is 0. The molecule has 0 aromatic heterocycles. The molecule has 1 saturated heterocycles. The minimum atomic E-state index is -0.269. The molecular weight excluding hydrogens is 308 g/mol. The van der Waals surface area contributed by atoms with Crippen molar-refractivity contribution in [1.29, 1.82) is 0 Å². The average molecular weight is 347 g/mol. The first-order chi connectivity index (χ1) is 10.2. The van der Waals surface area contributed by atoms with E-state index in [1.54, 1.807) is 38.2 Å². The number of rotatable bonds is 3. The molecule has 1 aliphatic rings. The van der Waals surface area contributed by atoms with E-state index in [1.165, 1.54) is 31.1 Å². The molecule has 0 unspecified atom stereocenters. The summed E-state index contributed by atoms with van der Waals surface area (Å²) in [6, 6.07) is 0. The highest BCUT2D eigenvalue weighted by Crippen LogP contribution is 2.27. The molecule has 4 heteroatoms. The second-order valence-corrected chi connectivity index (χ2v) is 5.24. The van der Waals surface area contributed by atoms with Crippen LogP contribution in [0.4, 0.5) is 0 Å². The Balaban J connectivity index is -0.000000116. The number of esters is 1. The third kappa shape index (κ3) is 26.1. The average Bonchev–Trinajstić information content (AvgIpc) is 2.51. The van der Waals surface area contributed by atoms with Crippen molar-refractivity contribution in [1.82, 2.24) is 0 Å². The van der Waals surface area contributed by atoms with Crippen molar-refractivity contribution in [3.05, 3.63) is 35.5 Å². The summed E-state index contributed by atoms with van der Waals surface area (Å²) in [7, 11) is 1.62. The molecule has 0 saturated carbocycles. The fraction of sp³-hybridized carbons (Fsp3) is 0.632. The molecule has 3 nitrogen and oxygen atoms in total. The molecule has 0 amide bonds. The molecule has 0 spiro atoms. The van der Waals surface area contributed by atoms with Gasteiger partial charge in [-0.05, 0) is 57.6 Å². The van der Waals surface area contributed by atoms with E-state index in [4.69, 9.17) is 0 Å². The Hall–Kier alpha value is -1.16. The van der Waals surface area contributed by atoms with Crippen LogP contribution in [0.5, 0.6) is 0 Å². The van der Waals surface area contributed by atoms with Crippen LogP contribution in [0.25, 0.3) is 0 Å². The van der Waals surface area contributed by atoms with E-state index in [9.17, 15) is 4.79 Å². The number of methoxy groups -OCH3 is 1. The Labute approximate surface area is 149 Å². The largest absolute Gasteiger partial charge is 0.505 e. The first kappa shape index (κ1) is 29.8. The van der Waals surface area contributed by atoms with Gasteiger partial charge >= 0.3 is 5.97 Å². The lowest BCUT2D eigenvalue weighted by Gasteiger charge is -2.11. The second kappa shape index (κ2) is 25.8. The van der Waals surface area contributed by atoms with Gasteiger partial charge in [-0.2, -0.15) is 0 Å². The molecular formula is C19H38O3S. The topological polar surface area (TPSA) is 35.5 Å². The van der Waals surface area contributed by atoms with Crippen LogP contribution >= 0.6 is 11.8 Å². The fourth-order valence-electron chi connectivity index (χ4n) is 1.37. The van der Waals surface area contributed by atoms with E-state index < -0.39 is 0 Å². The molecule has 1 fully saturated rings. The van der Waals surface area contributed by atoms with Crippen LogP contribution in [-0.2, 0) is 14.3 Å². The highest BCUT2D eigenvalue weighted by Gasteiger charge is 2.02. The van der Waals surface area contributed by atoms with E-state index >= 15 is 0 Å². The molecule has 1 rings (SSSR count). The maximum absolute atomic E-state index is 10.3. The number of allylic oxidation sites excluding steroid dienone is 4. The van der Waals surface area contributed by atoms with Crippen molar-refractivity contribution >= 4 is 17.7 Å². The SMILES string of the molecule is C.C.C/C=C1\CCCCS1.CC=CC(=O)OCC.CC=COC. The van der Waals surface area contributed by atoms with Gasteiger partial charge in [0, 0.05) is 6.08 Å². The molecule has 0 aliphatic carbocycles. The highest BCUT2D eigenvalue weighted by atomic mass is 32.2. The van der Waals surface area contributed by atoms with Crippen molar-refractivity contribution in [2.75, 3.05) is 19.5 Å². The molecule has 0 aromatic rings. The van der Waals surface area contributed by atoms with Gasteiger partial charge in [0.2, 0.25) is 0 Å². The molecule has 1 heterocycles. The molecule has 138 valence electrons. The zero-order chi connectivity index (χ0) is 16.3. The van der Waals surface area contributed by atoms with Gasteiger partial charge in [-0.3, -0.25) is 0 Å². The first-order valence-electron chi connectivity index (χ1n) is 7.37. The molecule has 0 bridgehead atoms. The minimum Gasteiger partial charge on any atom is -0.505 e. The van der Waals surface area contributed by atoms with Gasteiger partial charge < -0.3 is 9.47 Å². The van der Waals surface area contributed by atoms with E-state index in [0.29, 0.717) is 6.61 Å². The molecule has 0 N–H and O–H groups in total. The molecule has 1 aliphatic heterocycles. The predicted octanol–water partition coefficient (Wildman–Crippen LogP) is 6.37. The summed E-state index contributed by atoms with van der Waals surface area (Å²) in [5.74, 6) is 1.08. The van der Waals surface area contributed by atoms with Crippen LogP contribution in [-0.4, -0.2) is 25.4 Å². The monoisotopic (exact) mass is 346 g/mol. The van der Waals surface area contributed by atoms with Gasteiger partial charge in [0.05, 0.1) is 20.0 Å². The number of thioether (sulfide) groups is 1. The van der Waals surface area contributed by atoms with Gasteiger partial charge in [-0.1, -0.05) is 33.1 Å². The summed E-state index contributed by atoms with van der Waals surface area (Å²) in [6.07, 6.45) is 12.9. The third-order valence-electron chi connectivity index (χ3n) is 2.29. The lowest BCUT2D eigenvalue weighted by atomic mass is 10.2. The second-order valence-electron chi connectivity index (χ2n) is 4.02. The number of hydrogen-bond acceptors (Lipinski definition) is 4. The summed E-state index contributed by atoms with van der Waals surface area (Å²) in [6.45, 7) is 8.04. The van der Waals surface area contributed by atoms with Crippen molar-refractivity contribution < 1.29 is 14.3 Å². The van der Waals surface area contributed by atoms with Gasteiger partial charge in [0.25, 0.3) is 0 Å². The van der Waals surface area contributed by atoms with Crippen LogP contribution < -0.4 is 0 Å². The van der Waals surface area contributed by atoms with Crippen molar-refractivity contribution in [2.45, 2.75) is 61.8 Å². The maximum Gasteiger partial charge on any atom is 0.330 e. The van der Waals surface area contributed by atoms with Gasteiger partial charge in [-0.15, -0.1) is 11.8 Å². The Kier molecular flexibility index (Phi) is 33.4. The molecule has 0 aromatic carbocycles. The summed E-state index contributed by atoms with van der Waals surface area (Å²) in [4.78, 5) is 11.9. The summed E-state index contributed by atoms with van der Waals surface area (Å²) >= 11 is 2.02. The summed E-state index contributed by atoms with van der Waals surface area (Å²) in [5, 5.41) is 0. The Morgan fingerprint density at radius 2 is 1.83 bits per heavy atom. The normalized spacial score (nSPS) is 14.6. The zero-order valence-electron chi connectivity index (χ0n) is 14.1. The lowest BCUT2D eigenvalue weighted by Crippen LogP contribution is -1.98. The molecule has 0 atom stereocenters. The lowest BCUT2D eigenvalue weighted by molar-refractivity contribution is -0.137. The summed E-state index contributed by atoms with van der Waals surface area (Å²) < 4.78 is 9.07. The number of ether oxygens (including phenoxy) is 2. The Bertz CT molecular complexity index is 313. The van der Waals surface area contributed by atoms with Gasteiger partial charge in [0.15, 0.2) is 0 Å². The minimum absolute atomic E-state index is 0. The van der Waals surface area contributed by atoms with E-state index in [1.807, 2.05) is 24.8 Å². The van der Waals surface area contributed by atoms with Crippen LogP contribution in [0.1, 0.15) is 61.8 Å². The van der Waals surface area contributed by atoms with Crippen molar-refractivity contribution in [3.63, 3.8) is 0 Å². The fourth-order valence-corrected chi connectivity index (χ4v) is 2.43. The summed E-state index contributed by atoms with van der Waals surface area (Å²) in [5.41, 5.74) is 0. The standard InChI is InChI=1S/C7H12S.C6H10O2.C4H8O.2CH4/c1-2-7-5-3-4-6-8-7;1-3-5-6(7)8-4-2;1-3-4-5-2;;/h2H,3-6H2,1H3;3,5H,4H2,1-2H3;3-4H,1-2H3;2*1H4/b7-2+;;;;. The Morgan fingerprint density at radius 1 is 1.17 bits per heavy atom. The van der Waals surface area contributed by atoms with Crippen molar-refractivity contribution in [2.24, 2.45) is 0 Å². The van der Waals surface area contributed by atoms with E-state index in [-0.39, 0.29) is 20.8 Å². The molecule has 0 radical (unpaired) electrons. The smallest absolute Gasteiger partial charge is 0.330 e. The van der Waals surface area contributed by atoms with Crippen LogP contribution in [0.2, 0.25) is 0 Å². The van der Waals surface area contributed by atoms with Crippen LogP contribution in [0, 0.1) is 0 Å². The predicted molar refractivity (Wildman–Crippen MR) is 107 cm³/mol. The maximum atomic E-state index is 10.3.